The molecule has 0 aliphatic heterocycles. The number of hydrogen-bond acceptors (Lipinski definition) is 5. The average Bonchev–Trinajstić information content (AvgIpc) is 2.54. The molecule has 22 heavy (non-hydrogen) atoms. The number of carbonyl (C=O) groups excluding carboxylic acids is 1. The molecule has 114 valence electrons. The van der Waals surface area contributed by atoms with Crippen LogP contribution in [0, 0.1) is 0 Å². The standard InChI is InChI=1S/C16H15NO5/c17-12-7-6-10(14(19)15(20)16(21)22)8-11(12)13(18)9-4-2-1-3-5-9/h1-8,14-15,19-20H,17H2,(H,21,22). The third-order valence-corrected chi connectivity index (χ3v) is 3.25. The Morgan fingerprint density at radius 3 is 2.23 bits per heavy atom. The number of aliphatic hydroxyl groups is 2. The van der Waals surface area contributed by atoms with E-state index in [9.17, 15) is 19.8 Å². The maximum absolute atomic E-state index is 12.4. The Balaban J connectivity index is 2.39. The van der Waals surface area contributed by atoms with Gasteiger partial charge in [0.2, 0.25) is 0 Å². The van der Waals surface area contributed by atoms with Crippen LogP contribution in [0.2, 0.25) is 0 Å². The van der Waals surface area contributed by atoms with Crippen LogP contribution in [0.5, 0.6) is 0 Å². The van der Waals surface area contributed by atoms with Crippen molar-refractivity contribution in [2.45, 2.75) is 12.2 Å². The van der Waals surface area contributed by atoms with Gasteiger partial charge in [-0.2, -0.15) is 0 Å². The zero-order valence-corrected chi connectivity index (χ0v) is 11.5. The Kier molecular flexibility index (Phi) is 4.55. The molecule has 0 saturated heterocycles. The van der Waals surface area contributed by atoms with Crippen LogP contribution in [0.3, 0.4) is 0 Å². The van der Waals surface area contributed by atoms with E-state index in [4.69, 9.17) is 10.8 Å². The summed E-state index contributed by atoms with van der Waals surface area (Å²) < 4.78 is 0. The Morgan fingerprint density at radius 1 is 1.00 bits per heavy atom. The number of benzene rings is 2. The molecule has 0 bridgehead atoms. The van der Waals surface area contributed by atoms with E-state index >= 15 is 0 Å². The topological polar surface area (TPSA) is 121 Å². The molecule has 0 heterocycles. The highest BCUT2D eigenvalue weighted by Crippen LogP contribution is 2.24. The van der Waals surface area contributed by atoms with Gasteiger partial charge in [-0.15, -0.1) is 0 Å². The third kappa shape index (κ3) is 3.13. The second-order valence-corrected chi connectivity index (χ2v) is 4.77. The predicted octanol–water partition coefficient (Wildman–Crippen LogP) is 0.979. The monoisotopic (exact) mass is 301 g/mol. The van der Waals surface area contributed by atoms with Crippen molar-refractivity contribution >= 4 is 17.4 Å². The minimum Gasteiger partial charge on any atom is -0.479 e. The number of aliphatic hydroxyl groups excluding tert-OH is 2. The van der Waals surface area contributed by atoms with E-state index in [1.54, 1.807) is 30.3 Å². The first-order chi connectivity index (χ1) is 10.4. The lowest BCUT2D eigenvalue weighted by atomic mass is 9.96. The summed E-state index contributed by atoms with van der Waals surface area (Å²) in [5.41, 5.74) is 6.64. The molecule has 0 aromatic heterocycles. The Hall–Kier alpha value is -2.70. The van der Waals surface area contributed by atoms with E-state index in [0.29, 0.717) is 5.56 Å². The number of ketones is 1. The lowest BCUT2D eigenvalue weighted by molar-refractivity contribution is -0.153. The minimum absolute atomic E-state index is 0.100. The van der Waals surface area contributed by atoms with Crippen LogP contribution in [-0.2, 0) is 4.79 Å². The number of aliphatic carboxylic acids is 1. The van der Waals surface area contributed by atoms with Crippen molar-refractivity contribution in [3.8, 4) is 0 Å². The van der Waals surface area contributed by atoms with Gasteiger partial charge < -0.3 is 21.1 Å². The predicted molar refractivity (Wildman–Crippen MR) is 79.3 cm³/mol. The first kappa shape index (κ1) is 15.7. The number of carboxylic acid groups (broad SMARTS) is 1. The molecule has 0 spiro atoms. The highest BCUT2D eigenvalue weighted by Gasteiger charge is 2.26. The number of rotatable bonds is 5. The van der Waals surface area contributed by atoms with Gasteiger partial charge in [0.05, 0.1) is 0 Å². The van der Waals surface area contributed by atoms with Gasteiger partial charge in [0.15, 0.2) is 11.9 Å². The lowest BCUT2D eigenvalue weighted by Crippen LogP contribution is -2.27. The normalized spacial score (nSPS) is 13.4. The fraction of sp³-hybridized carbons (Fsp3) is 0.125. The number of carboxylic acids is 1. The molecule has 2 rings (SSSR count). The molecule has 0 fully saturated rings. The van der Waals surface area contributed by atoms with Crippen LogP contribution >= 0.6 is 0 Å². The summed E-state index contributed by atoms with van der Waals surface area (Å²) >= 11 is 0. The fourth-order valence-electron chi connectivity index (χ4n) is 2.02. The zero-order chi connectivity index (χ0) is 16.3. The van der Waals surface area contributed by atoms with E-state index in [1.807, 2.05) is 0 Å². The molecule has 6 nitrogen and oxygen atoms in total. The molecule has 5 N–H and O–H groups in total. The van der Waals surface area contributed by atoms with Crippen LogP contribution in [-0.4, -0.2) is 33.2 Å². The molecule has 0 aliphatic carbocycles. The van der Waals surface area contributed by atoms with E-state index < -0.39 is 18.2 Å². The van der Waals surface area contributed by atoms with Crippen LogP contribution in [0.25, 0.3) is 0 Å². The average molecular weight is 301 g/mol. The van der Waals surface area contributed by atoms with Gasteiger partial charge in [-0.05, 0) is 17.7 Å². The molecule has 2 atom stereocenters. The summed E-state index contributed by atoms with van der Waals surface area (Å²) in [6, 6.07) is 12.5. The maximum Gasteiger partial charge on any atom is 0.335 e. The van der Waals surface area contributed by atoms with Crippen molar-refractivity contribution in [2.75, 3.05) is 5.73 Å². The summed E-state index contributed by atoms with van der Waals surface area (Å²) in [5, 5.41) is 28.0. The highest BCUT2D eigenvalue weighted by atomic mass is 16.4. The number of carbonyl (C=O) groups is 2. The van der Waals surface area contributed by atoms with E-state index in [-0.39, 0.29) is 22.6 Å². The molecule has 0 amide bonds. The number of nitrogens with two attached hydrogens (primary N) is 1. The maximum atomic E-state index is 12.4. The molecule has 0 radical (unpaired) electrons. The van der Waals surface area contributed by atoms with E-state index in [1.165, 1.54) is 18.2 Å². The quantitative estimate of drug-likeness (QED) is 0.482. The van der Waals surface area contributed by atoms with Crippen molar-refractivity contribution in [3.63, 3.8) is 0 Å². The Bertz CT molecular complexity index is 699. The second-order valence-electron chi connectivity index (χ2n) is 4.77. The lowest BCUT2D eigenvalue weighted by Gasteiger charge is -2.16. The van der Waals surface area contributed by atoms with Gasteiger partial charge in [-0.1, -0.05) is 36.4 Å². The molecule has 2 unspecified atom stereocenters. The summed E-state index contributed by atoms with van der Waals surface area (Å²) in [6.45, 7) is 0. The minimum atomic E-state index is -1.98. The van der Waals surface area contributed by atoms with Crippen molar-refractivity contribution in [1.29, 1.82) is 0 Å². The van der Waals surface area contributed by atoms with Crippen molar-refractivity contribution in [2.24, 2.45) is 0 Å². The SMILES string of the molecule is Nc1ccc(C(O)C(O)C(=O)O)cc1C(=O)c1ccccc1. The summed E-state index contributed by atoms with van der Waals surface area (Å²) in [5.74, 6) is -1.91. The first-order valence-electron chi connectivity index (χ1n) is 6.50. The third-order valence-electron chi connectivity index (χ3n) is 3.25. The zero-order valence-electron chi connectivity index (χ0n) is 11.5. The Morgan fingerprint density at radius 2 is 1.64 bits per heavy atom. The fourth-order valence-corrected chi connectivity index (χ4v) is 2.02. The molecule has 2 aromatic carbocycles. The summed E-state index contributed by atoms with van der Waals surface area (Å²) in [4.78, 5) is 23.1. The van der Waals surface area contributed by atoms with E-state index in [0.717, 1.165) is 0 Å². The summed E-state index contributed by atoms with van der Waals surface area (Å²) in [7, 11) is 0. The molecule has 6 heteroatoms. The van der Waals surface area contributed by atoms with Gasteiger partial charge in [-0.25, -0.2) is 4.79 Å². The van der Waals surface area contributed by atoms with Gasteiger partial charge >= 0.3 is 5.97 Å². The van der Waals surface area contributed by atoms with Crippen molar-refractivity contribution < 1.29 is 24.9 Å². The Labute approximate surface area is 126 Å². The van der Waals surface area contributed by atoms with Crippen molar-refractivity contribution in [3.05, 3.63) is 65.2 Å². The van der Waals surface area contributed by atoms with Gasteiger partial charge in [-0.3, -0.25) is 4.79 Å². The molecule has 0 aliphatic rings. The molecular formula is C16H15NO5. The molecule has 0 saturated carbocycles. The summed E-state index contributed by atoms with van der Waals surface area (Å²) in [6.07, 6.45) is -3.64. The molecule has 2 aromatic rings. The van der Waals surface area contributed by atoms with Crippen LogP contribution in [0.4, 0.5) is 5.69 Å². The van der Waals surface area contributed by atoms with Crippen molar-refractivity contribution in [1.82, 2.24) is 0 Å². The number of anilines is 1. The van der Waals surface area contributed by atoms with Gasteiger partial charge in [0, 0.05) is 16.8 Å². The number of nitrogen functional groups attached to an aromatic ring is 1. The largest absolute Gasteiger partial charge is 0.479 e. The first-order valence-corrected chi connectivity index (χ1v) is 6.50. The second kappa shape index (κ2) is 6.38. The van der Waals surface area contributed by atoms with Crippen LogP contribution in [0.1, 0.15) is 27.6 Å². The van der Waals surface area contributed by atoms with Gasteiger partial charge in [0.1, 0.15) is 6.10 Å². The highest BCUT2D eigenvalue weighted by molar-refractivity contribution is 6.12. The van der Waals surface area contributed by atoms with E-state index in [2.05, 4.69) is 0 Å². The number of hydrogen-bond donors (Lipinski definition) is 4. The van der Waals surface area contributed by atoms with Crippen LogP contribution < -0.4 is 5.73 Å². The van der Waals surface area contributed by atoms with Crippen LogP contribution in [0.15, 0.2) is 48.5 Å². The van der Waals surface area contributed by atoms with Gasteiger partial charge in [0.25, 0.3) is 0 Å². The smallest absolute Gasteiger partial charge is 0.335 e. The molecular weight excluding hydrogens is 286 g/mol.